The van der Waals surface area contributed by atoms with Crippen LogP contribution in [0.15, 0.2) is 24.3 Å². The molecular weight excluding hydrogens is 305 g/mol. The fraction of sp³-hybridized carbons (Fsp3) is 0.588. The van der Waals surface area contributed by atoms with Gasteiger partial charge in [-0.05, 0) is 50.4 Å². The van der Waals surface area contributed by atoms with E-state index in [-0.39, 0.29) is 18.5 Å². The first kappa shape index (κ1) is 17.3. The average molecular weight is 331 g/mol. The van der Waals surface area contributed by atoms with Crippen molar-refractivity contribution in [3.8, 4) is 0 Å². The molecule has 2 fully saturated rings. The van der Waals surface area contributed by atoms with Gasteiger partial charge in [-0.25, -0.2) is 0 Å². The second-order valence-corrected chi connectivity index (χ2v) is 6.82. The molecule has 2 heterocycles. The number of rotatable bonds is 5. The van der Waals surface area contributed by atoms with Gasteiger partial charge >= 0.3 is 7.12 Å². The number of carbonyl (C=O) groups is 1. The van der Waals surface area contributed by atoms with Crippen LogP contribution in [-0.4, -0.2) is 66.1 Å². The van der Waals surface area contributed by atoms with Crippen LogP contribution in [0.1, 0.15) is 24.8 Å². The number of carbonyl (C=O) groups excluding carboxylic acids is 1. The van der Waals surface area contributed by atoms with Crippen molar-refractivity contribution in [1.29, 1.82) is 0 Å². The summed E-state index contributed by atoms with van der Waals surface area (Å²) in [5, 5.41) is 22.4. The van der Waals surface area contributed by atoms with Gasteiger partial charge in [-0.3, -0.25) is 4.79 Å². The molecule has 130 valence electrons. The number of anilines is 1. The second kappa shape index (κ2) is 7.55. The number of aryl methyl sites for hydroxylation is 1. The van der Waals surface area contributed by atoms with Gasteiger partial charge < -0.3 is 25.2 Å². The molecule has 2 aliphatic rings. The van der Waals surface area contributed by atoms with Crippen molar-refractivity contribution in [2.75, 3.05) is 31.1 Å². The summed E-state index contributed by atoms with van der Waals surface area (Å²) in [4.78, 5) is 16.6. The lowest BCUT2D eigenvalue weighted by molar-refractivity contribution is -0.129. The molecule has 0 radical (unpaired) electrons. The van der Waals surface area contributed by atoms with Crippen molar-refractivity contribution in [1.82, 2.24) is 10.2 Å². The summed E-state index contributed by atoms with van der Waals surface area (Å²) in [6.07, 6.45) is 2.48. The van der Waals surface area contributed by atoms with E-state index in [0.717, 1.165) is 31.6 Å². The molecule has 1 aromatic rings. The van der Waals surface area contributed by atoms with Crippen molar-refractivity contribution in [2.24, 2.45) is 0 Å². The Balaban J connectivity index is 1.77. The van der Waals surface area contributed by atoms with Crippen molar-refractivity contribution in [3.63, 3.8) is 0 Å². The van der Waals surface area contributed by atoms with E-state index in [2.05, 4.69) is 29.3 Å². The van der Waals surface area contributed by atoms with Crippen LogP contribution in [0.25, 0.3) is 0 Å². The summed E-state index contributed by atoms with van der Waals surface area (Å²) in [5.74, 6) is -0.502. The van der Waals surface area contributed by atoms with Crippen molar-refractivity contribution in [2.45, 2.75) is 38.2 Å². The molecule has 1 amide bonds. The summed E-state index contributed by atoms with van der Waals surface area (Å²) in [5.41, 5.74) is 2.22. The zero-order chi connectivity index (χ0) is 17.1. The smallest absolute Gasteiger partial charge is 0.426 e. The number of likely N-dealkylation sites (tertiary alicyclic amines) is 1. The fourth-order valence-electron chi connectivity index (χ4n) is 3.79. The number of nitrogens with one attached hydrogen (secondary N) is 1. The van der Waals surface area contributed by atoms with Crippen LogP contribution in [0.5, 0.6) is 0 Å². The van der Waals surface area contributed by atoms with Gasteiger partial charge in [-0.2, -0.15) is 0 Å². The number of nitrogens with zero attached hydrogens (tertiary/aromatic N) is 2. The molecule has 2 aliphatic heterocycles. The van der Waals surface area contributed by atoms with Gasteiger partial charge in [0.2, 0.25) is 5.91 Å². The van der Waals surface area contributed by atoms with Gasteiger partial charge in [0.15, 0.2) is 0 Å². The lowest BCUT2D eigenvalue weighted by atomic mass is 9.78. The third kappa shape index (κ3) is 3.74. The van der Waals surface area contributed by atoms with Crippen LogP contribution in [0, 0.1) is 6.92 Å². The lowest BCUT2D eigenvalue weighted by Gasteiger charge is -2.33. The molecule has 24 heavy (non-hydrogen) atoms. The zero-order valence-corrected chi connectivity index (χ0v) is 14.2. The highest BCUT2D eigenvalue weighted by molar-refractivity contribution is 6.43. The monoisotopic (exact) mass is 331 g/mol. The van der Waals surface area contributed by atoms with E-state index < -0.39 is 13.1 Å². The molecule has 0 spiro atoms. The molecular formula is C17H26BN3O3. The van der Waals surface area contributed by atoms with Gasteiger partial charge in [0, 0.05) is 24.8 Å². The van der Waals surface area contributed by atoms with Crippen LogP contribution in [0.4, 0.5) is 5.69 Å². The molecule has 7 heteroatoms. The quantitative estimate of drug-likeness (QED) is 0.671. The zero-order valence-electron chi connectivity index (χ0n) is 14.2. The molecule has 2 atom stereocenters. The Morgan fingerprint density at radius 2 is 2.25 bits per heavy atom. The highest BCUT2D eigenvalue weighted by atomic mass is 16.4. The Bertz CT molecular complexity index is 578. The van der Waals surface area contributed by atoms with E-state index in [4.69, 9.17) is 0 Å². The molecule has 0 saturated carbocycles. The van der Waals surface area contributed by atoms with E-state index in [9.17, 15) is 14.8 Å². The highest BCUT2D eigenvalue weighted by Crippen LogP contribution is 2.24. The Labute approximate surface area is 143 Å². The van der Waals surface area contributed by atoms with Gasteiger partial charge in [-0.1, -0.05) is 12.1 Å². The molecule has 2 saturated heterocycles. The second-order valence-electron chi connectivity index (χ2n) is 6.82. The fourth-order valence-corrected chi connectivity index (χ4v) is 3.79. The minimum Gasteiger partial charge on any atom is -0.426 e. The minimum absolute atomic E-state index is 0.0287. The van der Waals surface area contributed by atoms with E-state index in [1.54, 1.807) is 4.90 Å². The summed E-state index contributed by atoms with van der Waals surface area (Å²) in [6, 6.07) is 8.50. The minimum atomic E-state index is -1.46. The molecule has 3 rings (SSSR count). The Kier molecular flexibility index (Phi) is 5.43. The maximum Gasteiger partial charge on any atom is 0.475 e. The SMILES string of the molecule is Cc1cccc(N(CC(=O)N2CCC[C@H]2B(O)O)[C@@H]2CCNC2)c1. The summed E-state index contributed by atoms with van der Waals surface area (Å²) >= 11 is 0. The lowest BCUT2D eigenvalue weighted by Crippen LogP contribution is -2.51. The van der Waals surface area contributed by atoms with Crippen LogP contribution in [0.2, 0.25) is 0 Å². The van der Waals surface area contributed by atoms with Crippen molar-refractivity contribution < 1.29 is 14.8 Å². The molecule has 0 aromatic heterocycles. The Hall–Kier alpha value is -1.57. The summed E-state index contributed by atoms with van der Waals surface area (Å²) < 4.78 is 0. The van der Waals surface area contributed by atoms with Gasteiger partial charge in [-0.15, -0.1) is 0 Å². The standard InChI is InChI=1S/C17H26BN3O3/c1-13-4-2-5-14(10-13)21(15-7-8-19-11-15)12-17(22)20-9-3-6-16(20)18(23)24/h2,4-5,10,15-16,19,23-24H,3,6-9,11-12H2,1H3/t15-,16+/m1/s1. The third-order valence-electron chi connectivity index (χ3n) is 5.08. The number of hydrogen-bond acceptors (Lipinski definition) is 5. The van der Waals surface area contributed by atoms with E-state index in [1.165, 1.54) is 5.56 Å². The van der Waals surface area contributed by atoms with Crippen molar-refractivity contribution >= 4 is 18.7 Å². The van der Waals surface area contributed by atoms with Crippen LogP contribution < -0.4 is 10.2 Å². The first-order chi connectivity index (χ1) is 11.6. The van der Waals surface area contributed by atoms with Crippen molar-refractivity contribution in [3.05, 3.63) is 29.8 Å². The Morgan fingerprint density at radius 3 is 2.92 bits per heavy atom. The molecule has 0 unspecified atom stereocenters. The van der Waals surface area contributed by atoms with E-state index >= 15 is 0 Å². The first-order valence-electron chi connectivity index (χ1n) is 8.76. The molecule has 0 bridgehead atoms. The normalized spacial score (nSPS) is 23.5. The van der Waals surface area contributed by atoms with Gasteiger partial charge in [0.05, 0.1) is 12.5 Å². The number of amides is 1. The largest absolute Gasteiger partial charge is 0.475 e. The molecule has 0 aliphatic carbocycles. The predicted molar refractivity (Wildman–Crippen MR) is 94.7 cm³/mol. The van der Waals surface area contributed by atoms with Crippen LogP contribution in [0.3, 0.4) is 0 Å². The topological polar surface area (TPSA) is 76.0 Å². The number of benzene rings is 1. The van der Waals surface area contributed by atoms with Gasteiger partial charge in [0.1, 0.15) is 0 Å². The average Bonchev–Trinajstić information content (AvgIpc) is 3.23. The molecule has 6 nitrogen and oxygen atoms in total. The number of hydrogen-bond donors (Lipinski definition) is 3. The summed E-state index contributed by atoms with van der Waals surface area (Å²) in [7, 11) is -1.46. The van der Waals surface area contributed by atoms with E-state index in [1.807, 2.05) is 12.1 Å². The maximum absolute atomic E-state index is 12.8. The van der Waals surface area contributed by atoms with Gasteiger partial charge in [0.25, 0.3) is 0 Å². The first-order valence-corrected chi connectivity index (χ1v) is 8.76. The van der Waals surface area contributed by atoms with Crippen LogP contribution >= 0.6 is 0 Å². The summed E-state index contributed by atoms with van der Waals surface area (Å²) in [6.45, 7) is 4.76. The Morgan fingerprint density at radius 1 is 1.42 bits per heavy atom. The maximum atomic E-state index is 12.8. The van der Waals surface area contributed by atoms with E-state index in [0.29, 0.717) is 13.0 Å². The third-order valence-corrected chi connectivity index (χ3v) is 5.08. The van der Waals surface area contributed by atoms with Crippen LogP contribution in [-0.2, 0) is 4.79 Å². The highest BCUT2D eigenvalue weighted by Gasteiger charge is 2.37. The molecule has 3 N–H and O–H groups in total. The molecule has 1 aromatic carbocycles. The predicted octanol–water partition coefficient (Wildman–Crippen LogP) is 0.166.